The number of primary sulfonamides is 1. The van der Waals surface area contributed by atoms with Crippen LogP contribution >= 0.6 is 0 Å². The van der Waals surface area contributed by atoms with Gasteiger partial charge in [-0.1, -0.05) is 68.3 Å². The van der Waals surface area contributed by atoms with Gasteiger partial charge in [0.2, 0.25) is 10.0 Å². The van der Waals surface area contributed by atoms with Gasteiger partial charge in [0, 0.05) is 29.9 Å². The second kappa shape index (κ2) is 11.6. The van der Waals surface area contributed by atoms with Gasteiger partial charge < -0.3 is 16.0 Å². The standard InChI is InChI=1S/C26H31N5O3S/c1-2-3-6-16-31(18-19-8-7-9-21(17-19)25(27)28)26(32)30-22-14-12-20(13-15-22)23-10-4-5-11-24(23)35(29,33)34/h4-5,7-15,17H,2-3,6,16,18H2,1H3,(H3,27,28)(H,30,32)(H2,29,33,34). The highest BCUT2D eigenvalue weighted by molar-refractivity contribution is 7.89. The summed E-state index contributed by atoms with van der Waals surface area (Å²) in [6.45, 7) is 3.08. The zero-order chi connectivity index (χ0) is 25.4. The summed E-state index contributed by atoms with van der Waals surface area (Å²) in [5.74, 6) is -0.0158. The molecule has 0 aliphatic carbocycles. The summed E-state index contributed by atoms with van der Waals surface area (Å²) in [6.07, 6.45) is 2.92. The summed E-state index contributed by atoms with van der Waals surface area (Å²) in [5, 5.41) is 15.9. The number of sulfonamides is 1. The zero-order valence-corrected chi connectivity index (χ0v) is 20.5. The summed E-state index contributed by atoms with van der Waals surface area (Å²) in [7, 11) is -3.87. The maximum absolute atomic E-state index is 13.1. The SMILES string of the molecule is CCCCCN(Cc1cccc(C(=N)N)c1)C(=O)Nc1ccc(-c2ccccc2S(N)(=O)=O)cc1. The van der Waals surface area contributed by atoms with Crippen molar-refractivity contribution < 1.29 is 13.2 Å². The number of hydrogen-bond acceptors (Lipinski definition) is 4. The van der Waals surface area contributed by atoms with Gasteiger partial charge in [-0.05, 0) is 41.8 Å². The quantitative estimate of drug-likeness (QED) is 0.187. The van der Waals surface area contributed by atoms with Gasteiger partial charge in [-0.3, -0.25) is 5.41 Å². The smallest absolute Gasteiger partial charge is 0.322 e. The molecule has 0 radical (unpaired) electrons. The molecule has 0 atom stereocenters. The van der Waals surface area contributed by atoms with Gasteiger partial charge >= 0.3 is 6.03 Å². The van der Waals surface area contributed by atoms with E-state index in [4.69, 9.17) is 16.3 Å². The van der Waals surface area contributed by atoms with Crippen molar-refractivity contribution in [3.63, 3.8) is 0 Å². The first-order chi connectivity index (χ1) is 16.7. The molecule has 0 unspecified atom stereocenters. The number of anilines is 1. The van der Waals surface area contributed by atoms with Crippen LogP contribution in [0.4, 0.5) is 10.5 Å². The van der Waals surface area contributed by atoms with Crippen molar-refractivity contribution >= 4 is 27.6 Å². The van der Waals surface area contributed by atoms with Crippen LogP contribution in [-0.2, 0) is 16.6 Å². The third kappa shape index (κ3) is 7.14. The summed E-state index contributed by atoms with van der Waals surface area (Å²) >= 11 is 0. The second-order valence-electron chi connectivity index (χ2n) is 8.29. The third-order valence-electron chi connectivity index (χ3n) is 5.57. The van der Waals surface area contributed by atoms with Crippen LogP contribution in [0.2, 0.25) is 0 Å². The fourth-order valence-electron chi connectivity index (χ4n) is 3.75. The second-order valence-corrected chi connectivity index (χ2v) is 9.82. The fourth-order valence-corrected chi connectivity index (χ4v) is 4.51. The van der Waals surface area contributed by atoms with Crippen molar-refractivity contribution in [1.82, 2.24) is 4.90 Å². The van der Waals surface area contributed by atoms with E-state index in [0.717, 1.165) is 24.8 Å². The van der Waals surface area contributed by atoms with Gasteiger partial charge in [-0.15, -0.1) is 0 Å². The molecule has 0 spiro atoms. The number of nitrogen functional groups attached to an aromatic ring is 1. The molecular formula is C26H31N5O3S. The van der Waals surface area contributed by atoms with E-state index in [2.05, 4.69) is 12.2 Å². The Morgan fingerprint density at radius 2 is 1.71 bits per heavy atom. The van der Waals surface area contributed by atoms with Gasteiger partial charge in [-0.25, -0.2) is 18.4 Å². The Labute approximate surface area is 206 Å². The van der Waals surface area contributed by atoms with Crippen molar-refractivity contribution in [3.05, 3.63) is 83.9 Å². The zero-order valence-electron chi connectivity index (χ0n) is 19.7. The number of nitrogens with two attached hydrogens (primary N) is 2. The van der Waals surface area contributed by atoms with E-state index in [1.807, 2.05) is 18.2 Å². The van der Waals surface area contributed by atoms with Gasteiger partial charge in [0.25, 0.3) is 0 Å². The highest BCUT2D eigenvalue weighted by Crippen LogP contribution is 2.27. The first-order valence-corrected chi connectivity index (χ1v) is 12.9. The number of amides is 2. The van der Waals surface area contributed by atoms with Crippen LogP contribution in [0.15, 0.2) is 77.7 Å². The molecule has 2 amide bonds. The maximum atomic E-state index is 13.1. The first kappa shape index (κ1) is 25.9. The normalized spacial score (nSPS) is 11.1. The summed E-state index contributed by atoms with van der Waals surface area (Å²) in [4.78, 5) is 14.9. The minimum Gasteiger partial charge on any atom is -0.384 e. The van der Waals surface area contributed by atoms with Crippen molar-refractivity contribution in [1.29, 1.82) is 5.41 Å². The van der Waals surface area contributed by atoms with Crippen molar-refractivity contribution in [2.24, 2.45) is 10.9 Å². The molecule has 9 heteroatoms. The molecule has 0 aliphatic heterocycles. The molecule has 0 aromatic heterocycles. The fraction of sp³-hybridized carbons (Fsp3) is 0.231. The van der Waals surface area contributed by atoms with Crippen LogP contribution in [0.5, 0.6) is 0 Å². The largest absolute Gasteiger partial charge is 0.384 e. The Balaban J connectivity index is 1.77. The Hall–Kier alpha value is -3.69. The molecular weight excluding hydrogens is 462 g/mol. The summed E-state index contributed by atoms with van der Waals surface area (Å²) in [5.41, 5.74) is 8.88. The van der Waals surface area contributed by atoms with E-state index < -0.39 is 10.0 Å². The molecule has 3 rings (SSSR count). The summed E-state index contributed by atoms with van der Waals surface area (Å²) < 4.78 is 23.9. The Morgan fingerprint density at radius 1 is 1.00 bits per heavy atom. The van der Waals surface area contributed by atoms with E-state index in [1.165, 1.54) is 6.07 Å². The lowest BCUT2D eigenvalue weighted by molar-refractivity contribution is 0.208. The minimum atomic E-state index is -3.87. The molecule has 0 aliphatic rings. The minimum absolute atomic E-state index is 0.0158. The van der Waals surface area contributed by atoms with Gasteiger partial charge in [0.15, 0.2) is 0 Å². The van der Waals surface area contributed by atoms with Crippen LogP contribution in [0, 0.1) is 5.41 Å². The van der Waals surface area contributed by atoms with E-state index in [-0.39, 0.29) is 16.8 Å². The number of nitrogens with one attached hydrogen (secondary N) is 2. The van der Waals surface area contributed by atoms with Crippen LogP contribution in [0.1, 0.15) is 37.3 Å². The van der Waals surface area contributed by atoms with E-state index in [9.17, 15) is 13.2 Å². The number of rotatable bonds is 10. The van der Waals surface area contributed by atoms with E-state index in [1.54, 1.807) is 53.4 Å². The number of unbranched alkanes of at least 4 members (excludes halogenated alkanes) is 2. The molecule has 0 bridgehead atoms. The van der Waals surface area contributed by atoms with Gasteiger partial charge in [0.1, 0.15) is 5.84 Å². The number of benzene rings is 3. The number of urea groups is 1. The molecule has 6 N–H and O–H groups in total. The monoisotopic (exact) mass is 493 g/mol. The Bertz CT molecular complexity index is 1290. The van der Waals surface area contributed by atoms with Crippen LogP contribution < -0.4 is 16.2 Å². The molecule has 0 fully saturated rings. The topological polar surface area (TPSA) is 142 Å². The van der Waals surface area contributed by atoms with Crippen LogP contribution in [0.25, 0.3) is 11.1 Å². The number of nitrogens with zero attached hydrogens (tertiary/aromatic N) is 1. The predicted octanol–water partition coefficient (Wildman–Crippen LogP) is 4.51. The highest BCUT2D eigenvalue weighted by Gasteiger charge is 2.16. The van der Waals surface area contributed by atoms with Crippen molar-refractivity contribution in [2.75, 3.05) is 11.9 Å². The first-order valence-electron chi connectivity index (χ1n) is 11.4. The van der Waals surface area contributed by atoms with Crippen LogP contribution in [-0.4, -0.2) is 31.7 Å². The lowest BCUT2D eigenvalue weighted by Crippen LogP contribution is -2.35. The number of carbonyl (C=O) groups excluding carboxylic acids is 1. The Morgan fingerprint density at radius 3 is 2.37 bits per heavy atom. The average Bonchev–Trinajstić information content (AvgIpc) is 2.83. The molecule has 8 nitrogen and oxygen atoms in total. The molecule has 0 saturated carbocycles. The van der Waals surface area contributed by atoms with Crippen LogP contribution in [0.3, 0.4) is 0 Å². The molecule has 0 saturated heterocycles. The molecule has 184 valence electrons. The third-order valence-corrected chi connectivity index (χ3v) is 6.54. The lowest BCUT2D eigenvalue weighted by Gasteiger charge is -2.23. The van der Waals surface area contributed by atoms with Gasteiger partial charge in [0.05, 0.1) is 4.90 Å². The lowest BCUT2D eigenvalue weighted by atomic mass is 10.1. The Kier molecular flexibility index (Phi) is 8.62. The van der Waals surface area contributed by atoms with Gasteiger partial charge in [-0.2, -0.15) is 0 Å². The summed E-state index contributed by atoms with van der Waals surface area (Å²) in [6, 6.07) is 20.6. The van der Waals surface area contributed by atoms with Crippen molar-refractivity contribution in [3.8, 4) is 11.1 Å². The predicted molar refractivity (Wildman–Crippen MR) is 140 cm³/mol. The number of hydrogen-bond donors (Lipinski definition) is 4. The molecule has 35 heavy (non-hydrogen) atoms. The number of amidine groups is 1. The number of carbonyl (C=O) groups is 1. The molecule has 3 aromatic rings. The van der Waals surface area contributed by atoms with Crippen molar-refractivity contribution in [2.45, 2.75) is 37.6 Å². The molecule has 0 heterocycles. The highest BCUT2D eigenvalue weighted by atomic mass is 32.2. The maximum Gasteiger partial charge on any atom is 0.322 e. The molecule has 3 aromatic carbocycles. The average molecular weight is 494 g/mol. The van der Waals surface area contributed by atoms with E-state index in [0.29, 0.717) is 35.5 Å². The van der Waals surface area contributed by atoms with E-state index >= 15 is 0 Å².